The Labute approximate surface area is 182 Å². The van der Waals surface area contributed by atoms with E-state index in [0.717, 1.165) is 5.56 Å². The van der Waals surface area contributed by atoms with Gasteiger partial charge in [-0.3, -0.25) is 14.9 Å². The van der Waals surface area contributed by atoms with Gasteiger partial charge in [0.1, 0.15) is 11.3 Å². The first-order valence-electron chi connectivity index (χ1n) is 9.50. The predicted octanol–water partition coefficient (Wildman–Crippen LogP) is 4.24. The molecular weight excluding hydrogens is 426 g/mol. The number of rotatable bonds is 8. The maximum atomic E-state index is 12.4. The lowest BCUT2D eigenvalue weighted by molar-refractivity contribution is -0.116. The molecule has 10 heteroatoms. The van der Waals surface area contributed by atoms with Gasteiger partial charge < -0.3 is 13.7 Å². The SMILES string of the molecule is CCOC(=O)c1c(NC(=O)CCc2nc(-c3ccc(Cl)cc3)no2)oc(C)c1C(C)=O. The molecular formula is C21H20ClN3O6. The molecule has 0 spiro atoms. The number of benzene rings is 1. The molecule has 1 N–H and O–H groups in total. The van der Waals surface area contributed by atoms with Crippen LogP contribution in [0.3, 0.4) is 0 Å². The molecule has 0 fully saturated rings. The first-order valence-corrected chi connectivity index (χ1v) is 9.87. The highest BCUT2D eigenvalue weighted by molar-refractivity contribution is 6.30. The number of nitrogens with one attached hydrogen (secondary N) is 1. The monoisotopic (exact) mass is 445 g/mol. The molecule has 0 aliphatic rings. The summed E-state index contributed by atoms with van der Waals surface area (Å²) in [7, 11) is 0. The van der Waals surface area contributed by atoms with Crippen LogP contribution in [-0.2, 0) is 16.0 Å². The number of amides is 1. The van der Waals surface area contributed by atoms with Crippen molar-refractivity contribution in [3.8, 4) is 11.4 Å². The van der Waals surface area contributed by atoms with E-state index in [1.165, 1.54) is 13.8 Å². The van der Waals surface area contributed by atoms with Crippen LogP contribution in [0.4, 0.5) is 5.88 Å². The van der Waals surface area contributed by atoms with Crippen molar-refractivity contribution in [2.75, 3.05) is 11.9 Å². The molecule has 2 heterocycles. The third-order valence-electron chi connectivity index (χ3n) is 4.31. The van der Waals surface area contributed by atoms with Crippen molar-refractivity contribution < 1.29 is 28.1 Å². The van der Waals surface area contributed by atoms with Gasteiger partial charge in [-0.05, 0) is 45.0 Å². The highest BCUT2D eigenvalue weighted by Gasteiger charge is 2.28. The van der Waals surface area contributed by atoms with Crippen LogP contribution >= 0.6 is 11.6 Å². The van der Waals surface area contributed by atoms with Crippen molar-refractivity contribution in [1.29, 1.82) is 0 Å². The fourth-order valence-electron chi connectivity index (χ4n) is 2.94. The van der Waals surface area contributed by atoms with E-state index in [9.17, 15) is 14.4 Å². The smallest absolute Gasteiger partial charge is 0.344 e. The van der Waals surface area contributed by atoms with E-state index in [0.29, 0.717) is 10.8 Å². The van der Waals surface area contributed by atoms with Gasteiger partial charge in [-0.1, -0.05) is 16.8 Å². The summed E-state index contributed by atoms with van der Waals surface area (Å²) in [6.45, 7) is 4.59. The third kappa shape index (κ3) is 5.18. The second kappa shape index (κ2) is 9.57. The molecule has 0 aliphatic carbocycles. The normalized spacial score (nSPS) is 10.7. The molecule has 3 rings (SSSR count). The summed E-state index contributed by atoms with van der Waals surface area (Å²) in [5.41, 5.74) is 0.715. The zero-order chi connectivity index (χ0) is 22.5. The highest BCUT2D eigenvalue weighted by Crippen LogP contribution is 2.29. The summed E-state index contributed by atoms with van der Waals surface area (Å²) in [5.74, 6) is -0.834. The van der Waals surface area contributed by atoms with Crippen molar-refractivity contribution in [2.45, 2.75) is 33.6 Å². The maximum Gasteiger partial charge on any atom is 0.344 e. The summed E-state index contributed by atoms with van der Waals surface area (Å²) in [4.78, 5) is 40.9. The van der Waals surface area contributed by atoms with Gasteiger partial charge >= 0.3 is 5.97 Å². The lowest BCUT2D eigenvalue weighted by Crippen LogP contribution is -2.16. The van der Waals surface area contributed by atoms with E-state index in [1.54, 1.807) is 31.2 Å². The number of carbonyl (C=O) groups excluding carboxylic acids is 3. The Kier molecular flexibility index (Phi) is 6.86. The van der Waals surface area contributed by atoms with E-state index >= 15 is 0 Å². The summed E-state index contributed by atoms with van der Waals surface area (Å²) < 4.78 is 15.6. The number of aryl methyl sites for hydroxylation is 2. The number of anilines is 1. The molecule has 9 nitrogen and oxygen atoms in total. The molecule has 0 bridgehead atoms. The van der Waals surface area contributed by atoms with E-state index in [2.05, 4.69) is 15.5 Å². The second-order valence-electron chi connectivity index (χ2n) is 6.58. The zero-order valence-electron chi connectivity index (χ0n) is 17.2. The van der Waals surface area contributed by atoms with Crippen molar-refractivity contribution in [1.82, 2.24) is 10.1 Å². The van der Waals surface area contributed by atoms with Crippen LogP contribution in [0.2, 0.25) is 5.02 Å². The average molecular weight is 446 g/mol. The molecule has 0 saturated carbocycles. The Morgan fingerprint density at radius 1 is 1.16 bits per heavy atom. The van der Waals surface area contributed by atoms with E-state index < -0.39 is 11.9 Å². The molecule has 0 saturated heterocycles. The number of Topliss-reactive ketones (excluding diaryl/α,β-unsaturated/α-hetero) is 1. The molecule has 1 amide bonds. The Balaban J connectivity index is 1.69. The third-order valence-corrected chi connectivity index (χ3v) is 4.56. The summed E-state index contributed by atoms with van der Waals surface area (Å²) in [6, 6.07) is 6.93. The number of carbonyl (C=O) groups is 3. The first-order chi connectivity index (χ1) is 14.8. The Morgan fingerprint density at radius 2 is 1.87 bits per heavy atom. The van der Waals surface area contributed by atoms with Crippen LogP contribution in [0.15, 0.2) is 33.2 Å². The second-order valence-corrected chi connectivity index (χ2v) is 7.02. The fraction of sp³-hybridized carbons (Fsp3) is 0.286. The lowest BCUT2D eigenvalue weighted by atomic mass is 10.1. The van der Waals surface area contributed by atoms with Crippen molar-refractivity contribution in [2.24, 2.45) is 0 Å². The van der Waals surface area contributed by atoms with Gasteiger partial charge in [-0.2, -0.15) is 4.98 Å². The van der Waals surface area contributed by atoms with Gasteiger partial charge in [-0.15, -0.1) is 0 Å². The Bertz CT molecular complexity index is 1120. The molecule has 3 aromatic rings. The van der Waals surface area contributed by atoms with Crippen molar-refractivity contribution in [3.05, 3.63) is 52.1 Å². The van der Waals surface area contributed by atoms with Crippen molar-refractivity contribution in [3.63, 3.8) is 0 Å². The standard InChI is InChI=1S/C21H20ClN3O6/c1-4-29-21(28)18-17(11(2)26)12(3)30-20(18)23-15(27)9-10-16-24-19(25-31-16)13-5-7-14(22)8-6-13/h5-8H,4,9-10H2,1-3H3,(H,23,27). The molecule has 31 heavy (non-hydrogen) atoms. The topological polar surface area (TPSA) is 125 Å². The number of hydrogen-bond donors (Lipinski definition) is 1. The van der Waals surface area contributed by atoms with E-state index in [1.807, 2.05) is 0 Å². The molecule has 0 radical (unpaired) electrons. The largest absolute Gasteiger partial charge is 0.462 e. The minimum atomic E-state index is -0.746. The van der Waals surface area contributed by atoms with Gasteiger partial charge in [0, 0.05) is 23.4 Å². The van der Waals surface area contributed by atoms with E-state index in [4.69, 9.17) is 25.3 Å². The summed E-state index contributed by atoms with van der Waals surface area (Å²) in [5, 5.41) is 7.00. The minimum absolute atomic E-state index is 0.0142. The van der Waals surface area contributed by atoms with Gasteiger partial charge in [0.25, 0.3) is 0 Å². The van der Waals surface area contributed by atoms with Crippen LogP contribution in [0.25, 0.3) is 11.4 Å². The van der Waals surface area contributed by atoms with Crippen LogP contribution in [-0.4, -0.2) is 34.4 Å². The number of furan rings is 1. The predicted molar refractivity (Wildman–Crippen MR) is 111 cm³/mol. The molecule has 162 valence electrons. The van der Waals surface area contributed by atoms with Gasteiger partial charge in [0.2, 0.25) is 23.5 Å². The number of ether oxygens (including phenoxy) is 1. The Morgan fingerprint density at radius 3 is 2.52 bits per heavy atom. The number of hydrogen-bond acceptors (Lipinski definition) is 8. The summed E-state index contributed by atoms with van der Waals surface area (Å²) >= 11 is 5.87. The Hall–Kier alpha value is -3.46. The van der Waals surface area contributed by atoms with E-state index in [-0.39, 0.29) is 53.9 Å². The van der Waals surface area contributed by atoms with Crippen LogP contribution in [0.5, 0.6) is 0 Å². The summed E-state index contributed by atoms with van der Waals surface area (Å²) in [6.07, 6.45) is 0.153. The van der Waals surface area contributed by atoms with Crippen LogP contribution in [0, 0.1) is 6.92 Å². The number of esters is 1. The van der Waals surface area contributed by atoms with Gasteiger partial charge in [0.15, 0.2) is 5.78 Å². The molecule has 1 aromatic carbocycles. The first kappa shape index (κ1) is 22.2. The minimum Gasteiger partial charge on any atom is -0.462 e. The number of ketones is 1. The number of halogens is 1. The van der Waals surface area contributed by atoms with Crippen LogP contribution in [0.1, 0.15) is 52.6 Å². The van der Waals surface area contributed by atoms with Crippen LogP contribution < -0.4 is 5.32 Å². The molecule has 0 unspecified atom stereocenters. The van der Waals surface area contributed by atoms with Crippen molar-refractivity contribution >= 4 is 35.1 Å². The average Bonchev–Trinajstić information content (AvgIpc) is 3.31. The molecule has 0 atom stereocenters. The molecule has 0 aliphatic heterocycles. The lowest BCUT2D eigenvalue weighted by Gasteiger charge is -2.05. The number of nitrogens with zero attached hydrogens (tertiary/aromatic N) is 2. The zero-order valence-corrected chi connectivity index (χ0v) is 17.9. The number of aromatic nitrogens is 2. The quantitative estimate of drug-likeness (QED) is 0.403. The van der Waals surface area contributed by atoms with Gasteiger partial charge in [-0.25, -0.2) is 4.79 Å². The maximum absolute atomic E-state index is 12.4. The molecule has 2 aromatic heterocycles. The highest BCUT2D eigenvalue weighted by atomic mass is 35.5. The fourth-order valence-corrected chi connectivity index (χ4v) is 3.06. The van der Waals surface area contributed by atoms with Gasteiger partial charge in [0.05, 0.1) is 12.2 Å².